The number of halogens is 4. The van der Waals surface area contributed by atoms with Crippen molar-refractivity contribution in [1.82, 2.24) is 0 Å². The van der Waals surface area contributed by atoms with Crippen molar-refractivity contribution in [1.29, 1.82) is 0 Å². The van der Waals surface area contributed by atoms with Crippen LogP contribution in [0.15, 0.2) is 33.4 Å². The minimum Gasteiger partial charge on any atom is -0.496 e. The number of methoxy groups -OCH3 is 1. The Bertz CT molecular complexity index is 562. The largest absolute Gasteiger partial charge is 0.496 e. The summed E-state index contributed by atoms with van der Waals surface area (Å²) < 4.78 is 50.9. The number of nitrogens with zero attached hydrogens (tertiary/aromatic N) is 2. The second-order valence-corrected chi connectivity index (χ2v) is 4.04. The molecular formula is C11H8BrF3N2O. The van der Waals surface area contributed by atoms with Gasteiger partial charge in [0.25, 0.3) is 0 Å². The molecule has 1 aliphatic rings. The molecule has 1 aromatic carbocycles. The van der Waals surface area contributed by atoms with Gasteiger partial charge in [-0.25, -0.2) is 0 Å². The van der Waals surface area contributed by atoms with E-state index in [1.165, 1.54) is 31.4 Å². The van der Waals surface area contributed by atoms with E-state index in [1.807, 2.05) is 0 Å². The first-order valence-corrected chi connectivity index (χ1v) is 5.62. The van der Waals surface area contributed by atoms with Crippen LogP contribution in [0.1, 0.15) is 12.5 Å². The average Bonchev–Trinajstić information content (AvgIpc) is 3.09. The van der Waals surface area contributed by atoms with Crippen molar-refractivity contribution in [3.8, 4) is 5.75 Å². The van der Waals surface area contributed by atoms with Gasteiger partial charge >= 0.3 is 11.8 Å². The summed E-state index contributed by atoms with van der Waals surface area (Å²) in [6.45, 7) is 0. The normalized spacial score (nSPS) is 18.5. The second-order valence-electron chi connectivity index (χ2n) is 3.58. The van der Waals surface area contributed by atoms with Crippen LogP contribution >= 0.6 is 15.9 Å². The van der Waals surface area contributed by atoms with Crippen molar-refractivity contribution in [3.63, 3.8) is 0 Å². The molecule has 0 atom stereocenters. The highest BCUT2D eigenvalue weighted by Crippen LogP contribution is 2.52. The van der Waals surface area contributed by atoms with Crippen LogP contribution in [0.25, 0.3) is 6.08 Å². The minimum atomic E-state index is -4.56. The molecule has 0 amide bonds. The molecule has 0 N–H and O–H groups in total. The summed E-state index contributed by atoms with van der Waals surface area (Å²) in [6.07, 6.45) is -3.14. The van der Waals surface area contributed by atoms with Crippen molar-refractivity contribution in [2.45, 2.75) is 11.8 Å². The van der Waals surface area contributed by atoms with Crippen LogP contribution in [0.5, 0.6) is 5.75 Å². The lowest BCUT2D eigenvalue weighted by Gasteiger charge is -2.16. The number of rotatable bonds is 3. The van der Waals surface area contributed by atoms with E-state index in [2.05, 4.69) is 26.2 Å². The average molecular weight is 322 g/mol. The maximum absolute atomic E-state index is 12.9. The quantitative estimate of drug-likeness (QED) is 0.819. The predicted molar refractivity (Wildman–Crippen MR) is 63.5 cm³/mol. The molecule has 96 valence electrons. The Hall–Kier alpha value is -1.37. The summed E-state index contributed by atoms with van der Waals surface area (Å²) in [6, 6.07) is 3.94. The van der Waals surface area contributed by atoms with Gasteiger partial charge in [-0.15, -0.1) is 10.2 Å². The van der Waals surface area contributed by atoms with E-state index in [0.29, 0.717) is 5.56 Å². The highest BCUT2D eigenvalue weighted by molar-refractivity contribution is 9.11. The van der Waals surface area contributed by atoms with Gasteiger partial charge in [0.1, 0.15) is 5.75 Å². The van der Waals surface area contributed by atoms with Crippen LogP contribution in [0.2, 0.25) is 0 Å². The van der Waals surface area contributed by atoms with Crippen LogP contribution in [-0.4, -0.2) is 13.3 Å². The Morgan fingerprint density at radius 3 is 2.56 bits per heavy atom. The Kier molecular flexibility index (Phi) is 2.85. The molecule has 0 aliphatic carbocycles. The monoisotopic (exact) mass is 321 g/mol. The van der Waals surface area contributed by atoms with Crippen molar-refractivity contribution in [2.75, 3.05) is 7.11 Å². The maximum atomic E-state index is 12.9. The molecule has 1 heterocycles. The fourth-order valence-corrected chi connectivity index (χ4v) is 1.80. The third-order valence-corrected chi connectivity index (χ3v) is 2.77. The zero-order valence-electron chi connectivity index (χ0n) is 10.1. The summed E-state index contributed by atoms with van der Waals surface area (Å²) in [5, 5.41) is 6.25. The van der Waals surface area contributed by atoms with Crippen molar-refractivity contribution in [2.24, 2.45) is 10.2 Å². The van der Waals surface area contributed by atoms with Crippen molar-refractivity contribution in [3.05, 3.63) is 34.3 Å². The fraction of sp³-hybridized carbons (Fsp3) is 0.273. The van der Waals surface area contributed by atoms with Gasteiger partial charge in [-0.1, -0.05) is 28.1 Å². The number of alkyl halides is 3. The summed E-state index contributed by atoms with van der Waals surface area (Å²) in [4.78, 5) is 0.0879. The van der Waals surface area contributed by atoms with Gasteiger partial charge in [0.15, 0.2) is 0 Å². The molecule has 0 saturated carbocycles. The van der Waals surface area contributed by atoms with Gasteiger partial charge < -0.3 is 4.74 Å². The van der Waals surface area contributed by atoms with E-state index in [4.69, 9.17) is 6.11 Å². The van der Waals surface area contributed by atoms with E-state index in [1.54, 1.807) is 0 Å². The summed E-state index contributed by atoms with van der Waals surface area (Å²) in [5.41, 5.74) is -2.07. The first kappa shape index (κ1) is 11.7. The molecule has 0 unspecified atom stereocenters. The lowest BCUT2D eigenvalue weighted by molar-refractivity contribution is -0.166. The van der Waals surface area contributed by atoms with Gasteiger partial charge in [-0.05, 0) is 17.1 Å². The molecule has 0 fully saturated rings. The Balaban J connectivity index is 2.44. The molecule has 1 aliphatic heterocycles. The molecule has 0 bridgehead atoms. The van der Waals surface area contributed by atoms with Gasteiger partial charge in [-0.3, -0.25) is 0 Å². The molecule has 3 nitrogen and oxygen atoms in total. The standard InChI is InChI=1S/C11H8BrF3N2O/c1-18-9-6-8(3-2-7(9)4-5-12)10(16-17-10)11(13,14)15/h2-6H,1H3/b5-4-/i5D. The number of ether oxygens (including phenoxy) is 1. The molecule has 0 saturated heterocycles. The Morgan fingerprint density at radius 1 is 1.44 bits per heavy atom. The van der Waals surface area contributed by atoms with Gasteiger partial charge in [-0.2, -0.15) is 13.2 Å². The minimum absolute atomic E-state index is 0.0879. The molecule has 2 rings (SSSR count). The van der Waals surface area contributed by atoms with Crippen LogP contribution in [-0.2, 0) is 5.66 Å². The smallest absolute Gasteiger partial charge is 0.442 e. The van der Waals surface area contributed by atoms with E-state index in [9.17, 15) is 13.2 Å². The van der Waals surface area contributed by atoms with Gasteiger partial charge in [0.05, 0.1) is 8.48 Å². The van der Waals surface area contributed by atoms with Crippen LogP contribution in [0.4, 0.5) is 13.2 Å². The van der Waals surface area contributed by atoms with E-state index < -0.39 is 11.8 Å². The maximum Gasteiger partial charge on any atom is 0.442 e. The second kappa shape index (κ2) is 4.38. The fourth-order valence-electron chi connectivity index (χ4n) is 1.55. The van der Waals surface area contributed by atoms with E-state index in [0.717, 1.165) is 0 Å². The number of hydrogen-bond donors (Lipinski definition) is 0. The Labute approximate surface area is 111 Å². The number of benzene rings is 1. The summed E-state index contributed by atoms with van der Waals surface area (Å²) >= 11 is 2.93. The zero-order valence-corrected chi connectivity index (χ0v) is 10.7. The molecular weight excluding hydrogens is 313 g/mol. The highest BCUT2D eigenvalue weighted by Gasteiger charge is 2.65. The van der Waals surface area contributed by atoms with E-state index >= 15 is 0 Å². The lowest BCUT2D eigenvalue weighted by atomic mass is 10.0. The van der Waals surface area contributed by atoms with Crippen LogP contribution in [0.3, 0.4) is 0 Å². The summed E-state index contributed by atoms with van der Waals surface area (Å²) in [7, 11) is 1.34. The first-order valence-electron chi connectivity index (χ1n) is 5.33. The van der Waals surface area contributed by atoms with Gasteiger partial charge in [0, 0.05) is 11.1 Å². The molecule has 0 aromatic heterocycles. The number of hydrogen-bond acceptors (Lipinski definition) is 3. The third kappa shape index (κ3) is 2.03. The third-order valence-electron chi connectivity index (χ3n) is 2.54. The van der Waals surface area contributed by atoms with Crippen LogP contribution in [0, 0.1) is 0 Å². The van der Waals surface area contributed by atoms with Crippen molar-refractivity contribution >= 4 is 22.0 Å². The molecule has 0 radical (unpaired) electrons. The molecule has 18 heavy (non-hydrogen) atoms. The van der Waals surface area contributed by atoms with Crippen LogP contribution < -0.4 is 4.74 Å². The predicted octanol–water partition coefficient (Wildman–Crippen LogP) is 4.24. The summed E-state index contributed by atoms with van der Waals surface area (Å²) in [5.74, 6) is 0.225. The van der Waals surface area contributed by atoms with Gasteiger partial charge in [0.2, 0.25) is 0 Å². The lowest BCUT2D eigenvalue weighted by Crippen LogP contribution is -2.30. The SMILES string of the molecule is [2H]/C(Br)=C/c1ccc(C2(C(F)(F)F)N=N2)cc1OC. The topological polar surface area (TPSA) is 34.0 Å². The molecule has 7 heteroatoms. The first-order chi connectivity index (χ1) is 8.80. The molecule has 1 aromatic rings. The molecule has 0 spiro atoms. The van der Waals surface area contributed by atoms with E-state index in [-0.39, 0.29) is 16.3 Å². The van der Waals surface area contributed by atoms with Crippen molar-refractivity contribution < 1.29 is 19.3 Å². The highest BCUT2D eigenvalue weighted by atomic mass is 79.9. The Morgan fingerprint density at radius 2 is 2.11 bits per heavy atom. The zero-order chi connectivity index (χ0) is 14.3.